The summed E-state index contributed by atoms with van der Waals surface area (Å²) < 4.78 is 0. The zero-order valence-electron chi connectivity index (χ0n) is 8.22. The summed E-state index contributed by atoms with van der Waals surface area (Å²) in [4.78, 5) is 16.7. The predicted molar refractivity (Wildman–Crippen MR) is 59.9 cm³/mol. The molecule has 2 heterocycles. The molecule has 0 bridgehead atoms. The lowest BCUT2D eigenvalue weighted by Crippen LogP contribution is -2.18. The summed E-state index contributed by atoms with van der Waals surface area (Å²) in [5.41, 5.74) is 1.09. The van der Waals surface area contributed by atoms with Crippen LogP contribution in [0, 0.1) is 0 Å². The van der Waals surface area contributed by atoms with Gasteiger partial charge in [0.25, 0.3) is 0 Å². The molecule has 0 atom stereocenters. The zero-order valence-corrected chi connectivity index (χ0v) is 9.04. The molecule has 1 aliphatic rings. The van der Waals surface area contributed by atoms with Crippen LogP contribution in [0.25, 0.3) is 0 Å². The number of nitrogens with zero attached hydrogens (tertiary/aromatic N) is 2. The molecule has 0 aromatic carbocycles. The minimum Gasteiger partial charge on any atom is -0.477 e. The topological polar surface area (TPSA) is 53.4 Å². The number of hydrogen-bond acceptors (Lipinski definition) is 3. The molecule has 1 aromatic rings. The van der Waals surface area contributed by atoms with Gasteiger partial charge in [0.2, 0.25) is 0 Å². The number of aromatic nitrogens is 1. The molecular formula is C10H13ClN2O2. The van der Waals surface area contributed by atoms with Crippen LogP contribution in [0.2, 0.25) is 0 Å². The van der Waals surface area contributed by atoms with Crippen molar-refractivity contribution in [3.05, 3.63) is 24.0 Å². The molecule has 0 unspecified atom stereocenters. The first-order valence-electron chi connectivity index (χ1n) is 4.71. The number of anilines is 1. The summed E-state index contributed by atoms with van der Waals surface area (Å²) in [7, 11) is 0. The van der Waals surface area contributed by atoms with Gasteiger partial charge in [-0.2, -0.15) is 0 Å². The molecule has 1 aliphatic heterocycles. The third kappa shape index (κ3) is 2.59. The molecule has 1 saturated heterocycles. The second-order valence-corrected chi connectivity index (χ2v) is 3.40. The Morgan fingerprint density at radius 2 is 2.07 bits per heavy atom. The van der Waals surface area contributed by atoms with Gasteiger partial charge in [-0.3, -0.25) is 0 Å². The summed E-state index contributed by atoms with van der Waals surface area (Å²) in [5.74, 6) is -0.967. The number of halogens is 1. The molecule has 0 radical (unpaired) electrons. The van der Waals surface area contributed by atoms with Crippen molar-refractivity contribution < 1.29 is 9.90 Å². The maximum Gasteiger partial charge on any atom is 0.354 e. The molecule has 15 heavy (non-hydrogen) atoms. The fourth-order valence-electron chi connectivity index (χ4n) is 1.71. The maximum absolute atomic E-state index is 10.7. The quantitative estimate of drug-likeness (QED) is 0.839. The van der Waals surface area contributed by atoms with Crippen molar-refractivity contribution in [2.24, 2.45) is 0 Å². The largest absolute Gasteiger partial charge is 0.477 e. The number of hydrogen-bond donors (Lipinski definition) is 1. The van der Waals surface area contributed by atoms with Gasteiger partial charge >= 0.3 is 5.97 Å². The summed E-state index contributed by atoms with van der Waals surface area (Å²) in [6, 6.07) is 3.49. The lowest BCUT2D eigenvalue weighted by molar-refractivity contribution is 0.0690. The minimum atomic E-state index is -0.967. The lowest BCUT2D eigenvalue weighted by Gasteiger charge is -2.17. The van der Waals surface area contributed by atoms with Crippen molar-refractivity contribution in [1.29, 1.82) is 0 Å². The van der Waals surface area contributed by atoms with Crippen LogP contribution in [0.1, 0.15) is 23.3 Å². The van der Waals surface area contributed by atoms with Gasteiger partial charge in [0.1, 0.15) is 5.69 Å². The number of carboxylic acid groups (broad SMARTS) is 1. The van der Waals surface area contributed by atoms with Crippen molar-refractivity contribution in [2.45, 2.75) is 12.8 Å². The smallest absolute Gasteiger partial charge is 0.354 e. The number of pyridine rings is 1. The van der Waals surface area contributed by atoms with Crippen molar-refractivity contribution in [2.75, 3.05) is 18.0 Å². The molecule has 0 aliphatic carbocycles. The highest BCUT2D eigenvalue weighted by Gasteiger charge is 2.14. The van der Waals surface area contributed by atoms with Crippen LogP contribution in [0.15, 0.2) is 18.3 Å². The van der Waals surface area contributed by atoms with E-state index in [1.807, 2.05) is 6.07 Å². The summed E-state index contributed by atoms with van der Waals surface area (Å²) >= 11 is 0. The fourth-order valence-corrected chi connectivity index (χ4v) is 1.71. The van der Waals surface area contributed by atoms with E-state index >= 15 is 0 Å². The van der Waals surface area contributed by atoms with Gasteiger partial charge < -0.3 is 10.0 Å². The number of rotatable bonds is 2. The van der Waals surface area contributed by atoms with E-state index < -0.39 is 5.97 Å². The maximum atomic E-state index is 10.7. The molecule has 1 fully saturated rings. The fraction of sp³-hybridized carbons (Fsp3) is 0.400. The van der Waals surface area contributed by atoms with Gasteiger partial charge in [-0.05, 0) is 25.0 Å². The summed E-state index contributed by atoms with van der Waals surface area (Å²) in [6.45, 7) is 2.03. The van der Waals surface area contributed by atoms with Crippen molar-refractivity contribution in [3.63, 3.8) is 0 Å². The number of carboxylic acids is 1. The van der Waals surface area contributed by atoms with Gasteiger partial charge in [0.15, 0.2) is 0 Å². The highest BCUT2D eigenvalue weighted by Crippen LogP contribution is 2.19. The van der Waals surface area contributed by atoms with Crippen LogP contribution < -0.4 is 4.90 Å². The van der Waals surface area contributed by atoms with E-state index in [-0.39, 0.29) is 18.1 Å². The van der Waals surface area contributed by atoms with Gasteiger partial charge in [0, 0.05) is 25.0 Å². The molecule has 0 saturated carbocycles. The molecule has 0 spiro atoms. The predicted octanol–water partition coefficient (Wildman–Crippen LogP) is 1.80. The van der Waals surface area contributed by atoms with Crippen molar-refractivity contribution >= 4 is 24.1 Å². The van der Waals surface area contributed by atoms with E-state index in [0.29, 0.717) is 0 Å². The Hall–Kier alpha value is -1.29. The Labute approximate surface area is 94.3 Å². The van der Waals surface area contributed by atoms with Crippen molar-refractivity contribution in [1.82, 2.24) is 4.98 Å². The van der Waals surface area contributed by atoms with Crippen LogP contribution in [-0.4, -0.2) is 29.1 Å². The molecule has 2 rings (SSSR count). The average Bonchev–Trinajstić information content (AvgIpc) is 2.71. The van der Waals surface area contributed by atoms with Crippen LogP contribution in [0.4, 0.5) is 5.69 Å². The van der Waals surface area contributed by atoms with E-state index in [9.17, 15) is 4.79 Å². The molecule has 5 heteroatoms. The molecular weight excluding hydrogens is 216 g/mol. The molecule has 4 nitrogen and oxygen atoms in total. The second kappa shape index (κ2) is 4.98. The Bertz CT molecular complexity index is 351. The number of carbonyl (C=O) groups is 1. The Kier molecular flexibility index (Phi) is 3.91. The van der Waals surface area contributed by atoms with Crippen LogP contribution in [0.3, 0.4) is 0 Å². The van der Waals surface area contributed by atoms with Crippen LogP contribution >= 0.6 is 12.4 Å². The van der Waals surface area contributed by atoms with Gasteiger partial charge in [0.05, 0.1) is 0 Å². The highest BCUT2D eigenvalue weighted by molar-refractivity contribution is 5.86. The monoisotopic (exact) mass is 228 g/mol. The molecule has 0 amide bonds. The van der Waals surface area contributed by atoms with E-state index in [0.717, 1.165) is 18.8 Å². The number of aromatic carboxylic acids is 1. The van der Waals surface area contributed by atoms with Crippen LogP contribution in [0.5, 0.6) is 0 Å². The zero-order chi connectivity index (χ0) is 9.97. The van der Waals surface area contributed by atoms with Crippen molar-refractivity contribution in [3.8, 4) is 0 Å². The third-order valence-corrected chi connectivity index (χ3v) is 2.43. The highest BCUT2D eigenvalue weighted by atomic mass is 35.5. The first-order valence-corrected chi connectivity index (χ1v) is 4.71. The normalized spacial score (nSPS) is 14.8. The standard InChI is InChI=1S/C10H12N2O2.ClH/c13-10(14)9-7-8(3-4-11-9)12-5-1-2-6-12;/h3-4,7H,1-2,5-6H2,(H,13,14);1H. The third-order valence-electron chi connectivity index (χ3n) is 2.43. The summed E-state index contributed by atoms with van der Waals surface area (Å²) in [5, 5.41) is 8.77. The van der Waals surface area contributed by atoms with E-state index in [4.69, 9.17) is 5.11 Å². The van der Waals surface area contributed by atoms with E-state index in [1.165, 1.54) is 12.8 Å². The first kappa shape index (κ1) is 11.8. The van der Waals surface area contributed by atoms with E-state index in [1.54, 1.807) is 12.3 Å². The van der Waals surface area contributed by atoms with Gasteiger partial charge in [-0.15, -0.1) is 12.4 Å². The molecule has 1 aromatic heterocycles. The molecule has 82 valence electrons. The molecule has 1 N–H and O–H groups in total. The minimum absolute atomic E-state index is 0. The lowest BCUT2D eigenvalue weighted by atomic mass is 10.3. The SMILES string of the molecule is Cl.O=C(O)c1cc(N2CCCC2)ccn1. The second-order valence-electron chi connectivity index (χ2n) is 3.40. The average molecular weight is 229 g/mol. The summed E-state index contributed by atoms with van der Waals surface area (Å²) in [6.07, 6.45) is 3.92. The Morgan fingerprint density at radius 3 is 2.67 bits per heavy atom. The van der Waals surface area contributed by atoms with E-state index in [2.05, 4.69) is 9.88 Å². The Morgan fingerprint density at radius 1 is 1.40 bits per heavy atom. The van der Waals surface area contributed by atoms with Gasteiger partial charge in [-0.25, -0.2) is 9.78 Å². The van der Waals surface area contributed by atoms with Gasteiger partial charge in [-0.1, -0.05) is 0 Å². The Balaban J connectivity index is 0.00000112. The first-order chi connectivity index (χ1) is 6.77. The van der Waals surface area contributed by atoms with Crippen LogP contribution in [-0.2, 0) is 0 Å².